The smallest absolute Gasteiger partial charge is 0.253 e. The number of carbonyl (C=O) groups is 2. The van der Waals surface area contributed by atoms with E-state index in [9.17, 15) is 14.7 Å². The molecule has 0 aromatic heterocycles. The van der Waals surface area contributed by atoms with E-state index in [1.54, 1.807) is 24.3 Å². The summed E-state index contributed by atoms with van der Waals surface area (Å²) in [6.07, 6.45) is -0.612. The molecule has 1 aliphatic carbocycles. The molecular weight excluding hydrogens is 474 g/mol. The van der Waals surface area contributed by atoms with E-state index >= 15 is 0 Å². The number of β-amino-alcohol motifs (C(OH)–C–C–N with tert-alkyl or cyclic N) is 1. The lowest BCUT2D eigenvalue weighted by Crippen LogP contribution is -2.55. The first-order valence-electron chi connectivity index (χ1n) is 12.5. The van der Waals surface area contributed by atoms with E-state index in [1.165, 1.54) is 0 Å². The Morgan fingerprint density at radius 3 is 1.94 bits per heavy atom. The van der Waals surface area contributed by atoms with Crippen LogP contribution in [-0.2, 0) is 4.79 Å². The van der Waals surface area contributed by atoms with Crippen LogP contribution >= 0.6 is 11.6 Å². The standard InChI is InChI=1S/C29H28ClN3O3/c30-20-11-9-19(10-12-20)28(35)32-15-13-31(14-16-32)25-17-33(18-26(25)34)29(36)27-23-7-3-1-5-21(23)22-6-2-4-8-24(22)27/h1-12,25-27,34H,13-18H2/t25-,26?/m1/s1. The number of piperazine rings is 1. The van der Waals surface area contributed by atoms with Crippen LogP contribution in [0.4, 0.5) is 0 Å². The Morgan fingerprint density at radius 1 is 0.750 bits per heavy atom. The van der Waals surface area contributed by atoms with E-state index in [1.807, 2.05) is 46.2 Å². The molecule has 2 heterocycles. The number of rotatable bonds is 3. The van der Waals surface area contributed by atoms with Crippen molar-refractivity contribution in [3.8, 4) is 11.1 Å². The number of likely N-dealkylation sites (tertiary alicyclic amines) is 1. The highest BCUT2D eigenvalue weighted by molar-refractivity contribution is 6.30. The van der Waals surface area contributed by atoms with Gasteiger partial charge in [0.2, 0.25) is 5.91 Å². The number of fused-ring (bicyclic) bond motifs is 3. The van der Waals surface area contributed by atoms with E-state index in [0.717, 1.165) is 22.3 Å². The van der Waals surface area contributed by atoms with Crippen LogP contribution in [0.2, 0.25) is 5.02 Å². The Balaban J connectivity index is 1.13. The van der Waals surface area contributed by atoms with Crippen molar-refractivity contribution in [2.45, 2.75) is 18.1 Å². The Kier molecular flexibility index (Phi) is 6.04. The first-order chi connectivity index (χ1) is 17.5. The van der Waals surface area contributed by atoms with Crippen molar-refractivity contribution in [3.63, 3.8) is 0 Å². The van der Waals surface area contributed by atoms with Gasteiger partial charge in [-0.05, 0) is 46.5 Å². The zero-order valence-corrected chi connectivity index (χ0v) is 20.6. The summed E-state index contributed by atoms with van der Waals surface area (Å²) < 4.78 is 0. The summed E-state index contributed by atoms with van der Waals surface area (Å²) in [6.45, 7) is 3.32. The van der Waals surface area contributed by atoms with Gasteiger partial charge in [0.25, 0.3) is 5.91 Å². The molecule has 0 saturated carbocycles. The number of amides is 2. The fraction of sp³-hybridized carbons (Fsp3) is 0.310. The second-order valence-corrected chi connectivity index (χ2v) is 10.3. The molecule has 3 aromatic rings. The van der Waals surface area contributed by atoms with Crippen molar-refractivity contribution in [1.29, 1.82) is 0 Å². The molecule has 0 spiro atoms. The second-order valence-electron chi connectivity index (χ2n) is 9.82. The van der Waals surface area contributed by atoms with Crippen molar-refractivity contribution >= 4 is 23.4 Å². The maximum atomic E-state index is 13.8. The molecule has 3 aliphatic rings. The first-order valence-corrected chi connectivity index (χ1v) is 12.8. The molecule has 7 heteroatoms. The molecule has 2 fully saturated rings. The fourth-order valence-electron chi connectivity index (χ4n) is 5.94. The average Bonchev–Trinajstić information content (AvgIpc) is 3.47. The van der Waals surface area contributed by atoms with Crippen LogP contribution in [0.3, 0.4) is 0 Å². The third-order valence-corrected chi connectivity index (χ3v) is 8.07. The van der Waals surface area contributed by atoms with Gasteiger partial charge in [-0.15, -0.1) is 0 Å². The van der Waals surface area contributed by atoms with E-state index in [4.69, 9.17) is 11.6 Å². The molecule has 3 aromatic carbocycles. The molecule has 1 unspecified atom stereocenters. The Hall–Kier alpha value is -3.19. The molecule has 2 atom stereocenters. The summed E-state index contributed by atoms with van der Waals surface area (Å²) in [5.74, 6) is -0.295. The molecule has 36 heavy (non-hydrogen) atoms. The van der Waals surface area contributed by atoms with Crippen LogP contribution in [0.15, 0.2) is 72.8 Å². The maximum absolute atomic E-state index is 13.8. The zero-order chi connectivity index (χ0) is 24.8. The number of benzene rings is 3. The monoisotopic (exact) mass is 501 g/mol. The Labute approximate surface area is 215 Å². The van der Waals surface area contributed by atoms with Gasteiger partial charge in [-0.2, -0.15) is 0 Å². The van der Waals surface area contributed by atoms with Crippen molar-refractivity contribution in [3.05, 3.63) is 94.5 Å². The summed E-state index contributed by atoms with van der Waals surface area (Å²) in [5.41, 5.74) is 4.93. The van der Waals surface area contributed by atoms with E-state index in [0.29, 0.717) is 49.9 Å². The molecule has 6 nitrogen and oxygen atoms in total. The minimum absolute atomic E-state index is 0.00587. The first kappa shape index (κ1) is 23.2. The maximum Gasteiger partial charge on any atom is 0.253 e. The van der Waals surface area contributed by atoms with Crippen LogP contribution < -0.4 is 0 Å². The number of halogens is 1. The lowest BCUT2D eigenvalue weighted by atomic mass is 9.95. The SMILES string of the molecule is O=C(c1ccc(Cl)cc1)N1CCN([C@@H]2CN(C(=O)C3c4ccccc4-c4ccccc43)CC2O)CC1. The van der Waals surface area contributed by atoms with Gasteiger partial charge in [0, 0.05) is 49.9 Å². The molecule has 2 amide bonds. The molecule has 0 bridgehead atoms. The molecule has 2 saturated heterocycles. The summed E-state index contributed by atoms with van der Waals surface area (Å²) in [7, 11) is 0. The quantitative estimate of drug-likeness (QED) is 0.597. The highest BCUT2D eigenvalue weighted by atomic mass is 35.5. The second kappa shape index (κ2) is 9.36. The van der Waals surface area contributed by atoms with Gasteiger partial charge in [0.05, 0.1) is 18.1 Å². The number of hydrogen-bond donors (Lipinski definition) is 1. The van der Waals surface area contributed by atoms with Crippen molar-refractivity contribution in [2.24, 2.45) is 0 Å². The topological polar surface area (TPSA) is 64.1 Å². The highest BCUT2D eigenvalue weighted by Crippen LogP contribution is 2.45. The van der Waals surface area contributed by atoms with E-state index in [-0.39, 0.29) is 23.8 Å². The molecular formula is C29H28ClN3O3. The van der Waals surface area contributed by atoms with Crippen LogP contribution in [0, 0.1) is 0 Å². The van der Waals surface area contributed by atoms with Crippen LogP contribution in [-0.4, -0.2) is 83.0 Å². The normalized spacial score (nSPS) is 21.9. The minimum Gasteiger partial charge on any atom is -0.390 e. The largest absolute Gasteiger partial charge is 0.390 e. The number of nitrogens with zero attached hydrogens (tertiary/aromatic N) is 3. The van der Waals surface area contributed by atoms with Crippen molar-refractivity contribution in [2.75, 3.05) is 39.3 Å². The van der Waals surface area contributed by atoms with E-state index in [2.05, 4.69) is 17.0 Å². The number of carbonyl (C=O) groups excluding carboxylic acids is 2. The van der Waals surface area contributed by atoms with Gasteiger partial charge in [-0.3, -0.25) is 14.5 Å². The van der Waals surface area contributed by atoms with Crippen LogP contribution in [0.5, 0.6) is 0 Å². The van der Waals surface area contributed by atoms with Gasteiger partial charge in [0.1, 0.15) is 0 Å². The summed E-state index contributed by atoms with van der Waals surface area (Å²) in [4.78, 5) is 32.5. The lowest BCUT2D eigenvalue weighted by Gasteiger charge is -2.38. The Bertz CT molecular complexity index is 1260. The van der Waals surface area contributed by atoms with Crippen LogP contribution in [0.1, 0.15) is 27.4 Å². The predicted molar refractivity (Wildman–Crippen MR) is 139 cm³/mol. The number of aliphatic hydroxyl groups excluding tert-OH is 1. The van der Waals surface area contributed by atoms with Gasteiger partial charge >= 0.3 is 0 Å². The van der Waals surface area contributed by atoms with Gasteiger partial charge < -0.3 is 14.9 Å². The summed E-state index contributed by atoms with van der Waals surface area (Å²) in [6, 6.07) is 23.0. The fourth-order valence-corrected chi connectivity index (χ4v) is 6.07. The molecule has 0 radical (unpaired) electrons. The van der Waals surface area contributed by atoms with E-state index < -0.39 is 6.10 Å². The molecule has 6 rings (SSSR count). The van der Waals surface area contributed by atoms with Crippen molar-refractivity contribution in [1.82, 2.24) is 14.7 Å². The molecule has 184 valence electrons. The Morgan fingerprint density at radius 2 is 1.33 bits per heavy atom. The third-order valence-electron chi connectivity index (χ3n) is 7.81. The average molecular weight is 502 g/mol. The minimum atomic E-state index is -0.612. The lowest BCUT2D eigenvalue weighted by molar-refractivity contribution is -0.131. The predicted octanol–water partition coefficient (Wildman–Crippen LogP) is 3.48. The third kappa shape index (κ3) is 3.99. The van der Waals surface area contributed by atoms with Crippen molar-refractivity contribution < 1.29 is 14.7 Å². The van der Waals surface area contributed by atoms with Gasteiger partial charge in [-0.25, -0.2) is 0 Å². The van der Waals surface area contributed by atoms with Crippen LogP contribution in [0.25, 0.3) is 11.1 Å². The number of aliphatic hydroxyl groups is 1. The number of hydrogen-bond acceptors (Lipinski definition) is 4. The summed E-state index contributed by atoms with van der Waals surface area (Å²) in [5, 5.41) is 11.6. The highest BCUT2D eigenvalue weighted by Gasteiger charge is 2.43. The van der Waals surface area contributed by atoms with Gasteiger partial charge in [-0.1, -0.05) is 60.1 Å². The molecule has 2 aliphatic heterocycles. The zero-order valence-electron chi connectivity index (χ0n) is 19.9. The molecule has 1 N–H and O–H groups in total. The summed E-state index contributed by atoms with van der Waals surface area (Å²) >= 11 is 5.95. The van der Waals surface area contributed by atoms with Gasteiger partial charge in [0.15, 0.2) is 0 Å².